The zero-order valence-electron chi connectivity index (χ0n) is 13.6. The van der Waals surface area contributed by atoms with E-state index in [-0.39, 0.29) is 6.04 Å². The lowest BCUT2D eigenvalue weighted by atomic mass is 10.1. The van der Waals surface area contributed by atoms with E-state index in [1.165, 1.54) is 5.56 Å². The molecule has 1 N–H and O–H groups in total. The Morgan fingerprint density at radius 2 is 1.91 bits per heavy atom. The topological polar surface area (TPSA) is 73.5 Å². The zero-order valence-corrected chi connectivity index (χ0v) is 13.6. The van der Waals surface area contributed by atoms with Crippen molar-refractivity contribution in [2.75, 3.05) is 5.32 Å². The highest BCUT2D eigenvalue weighted by atomic mass is 15.5. The van der Waals surface area contributed by atoms with E-state index in [0.717, 1.165) is 17.9 Å². The van der Waals surface area contributed by atoms with Gasteiger partial charge in [-0.05, 0) is 41.0 Å². The molecule has 0 aliphatic rings. The molecule has 7 nitrogen and oxygen atoms in total. The molecular formula is C16H21N7. The molecule has 0 aliphatic carbocycles. The maximum atomic E-state index is 4.38. The molecule has 120 valence electrons. The van der Waals surface area contributed by atoms with E-state index in [1.807, 2.05) is 29.2 Å². The molecule has 3 rings (SSSR count). The lowest BCUT2D eigenvalue weighted by Gasteiger charge is -2.14. The summed E-state index contributed by atoms with van der Waals surface area (Å²) in [6.45, 7) is 7.43. The summed E-state index contributed by atoms with van der Waals surface area (Å²) in [4.78, 5) is 0. The summed E-state index contributed by atoms with van der Waals surface area (Å²) >= 11 is 0. The van der Waals surface area contributed by atoms with Gasteiger partial charge >= 0.3 is 0 Å². The summed E-state index contributed by atoms with van der Waals surface area (Å²) in [7, 11) is 0. The molecule has 23 heavy (non-hydrogen) atoms. The molecule has 2 aromatic heterocycles. The lowest BCUT2D eigenvalue weighted by molar-refractivity contribution is 0.483. The van der Waals surface area contributed by atoms with Crippen LogP contribution in [-0.4, -0.2) is 30.0 Å². The van der Waals surface area contributed by atoms with Crippen LogP contribution in [0.4, 0.5) is 5.69 Å². The van der Waals surface area contributed by atoms with E-state index in [9.17, 15) is 0 Å². The number of rotatable bonds is 6. The van der Waals surface area contributed by atoms with E-state index in [2.05, 4.69) is 58.8 Å². The van der Waals surface area contributed by atoms with Gasteiger partial charge < -0.3 is 5.32 Å². The number of tetrazole rings is 1. The van der Waals surface area contributed by atoms with Crippen LogP contribution in [-0.2, 0) is 6.54 Å². The molecule has 0 saturated carbocycles. The van der Waals surface area contributed by atoms with Crippen LogP contribution in [0.2, 0.25) is 0 Å². The highest BCUT2D eigenvalue weighted by Crippen LogP contribution is 2.20. The van der Waals surface area contributed by atoms with Crippen LogP contribution in [0, 0.1) is 5.92 Å². The number of benzene rings is 1. The minimum atomic E-state index is 0.189. The molecule has 1 atom stereocenters. The largest absolute Gasteiger partial charge is 0.376 e. The standard InChI is InChI=1S/C16H21N7/c1-12(2)9-22-10-15(8-18-22)19-13(3)14-4-6-16(7-5-14)23-11-17-20-21-23/h4-8,10-13,19H,9H2,1-3H3/t13-/m0/s1. The number of aromatic nitrogens is 6. The van der Waals surface area contributed by atoms with Gasteiger partial charge in [0, 0.05) is 18.8 Å². The van der Waals surface area contributed by atoms with Crippen LogP contribution >= 0.6 is 0 Å². The number of nitrogens with one attached hydrogen (secondary N) is 1. The first-order valence-electron chi connectivity index (χ1n) is 7.74. The van der Waals surface area contributed by atoms with Crippen LogP contribution < -0.4 is 5.32 Å². The minimum absolute atomic E-state index is 0.189. The van der Waals surface area contributed by atoms with Gasteiger partial charge in [0.25, 0.3) is 0 Å². The smallest absolute Gasteiger partial charge is 0.143 e. The molecule has 0 radical (unpaired) electrons. The van der Waals surface area contributed by atoms with E-state index in [0.29, 0.717) is 5.92 Å². The molecule has 0 unspecified atom stereocenters. The highest BCUT2D eigenvalue weighted by molar-refractivity contribution is 5.43. The van der Waals surface area contributed by atoms with Crippen molar-refractivity contribution in [2.45, 2.75) is 33.4 Å². The van der Waals surface area contributed by atoms with Gasteiger partial charge in [-0.25, -0.2) is 4.68 Å². The minimum Gasteiger partial charge on any atom is -0.376 e. The van der Waals surface area contributed by atoms with Crippen LogP contribution in [0.5, 0.6) is 0 Å². The van der Waals surface area contributed by atoms with Crippen LogP contribution in [0.1, 0.15) is 32.4 Å². The molecule has 0 amide bonds. The van der Waals surface area contributed by atoms with Gasteiger partial charge in [-0.1, -0.05) is 26.0 Å². The molecular weight excluding hydrogens is 290 g/mol. The van der Waals surface area contributed by atoms with Gasteiger partial charge in [0.1, 0.15) is 6.33 Å². The predicted octanol–water partition coefficient (Wildman–Crippen LogP) is 2.69. The monoisotopic (exact) mass is 311 g/mol. The van der Waals surface area contributed by atoms with Crippen molar-refractivity contribution >= 4 is 5.69 Å². The second kappa shape index (κ2) is 6.60. The van der Waals surface area contributed by atoms with Crippen LogP contribution in [0.15, 0.2) is 43.0 Å². The third kappa shape index (κ3) is 3.74. The normalized spacial score (nSPS) is 12.5. The summed E-state index contributed by atoms with van der Waals surface area (Å²) < 4.78 is 3.61. The second-order valence-corrected chi connectivity index (χ2v) is 6.06. The Bertz CT molecular complexity index is 728. The molecule has 0 aliphatic heterocycles. The molecule has 1 aromatic carbocycles. The van der Waals surface area contributed by atoms with Crippen molar-refractivity contribution in [2.24, 2.45) is 5.92 Å². The molecule has 0 saturated heterocycles. The fourth-order valence-corrected chi connectivity index (χ4v) is 2.44. The molecule has 0 bridgehead atoms. The molecule has 3 aromatic rings. The van der Waals surface area contributed by atoms with Crippen molar-refractivity contribution in [3.05, 3.63) is 48.5 Å². The fourth-order valence-electron chi connectivity index (χ4n) is 2.44. The second-order valence-electron chi connectivity index (χ2n) is 6.06. The Labute approximate surface area is 135 Å². The first kappa shape index (κ1) is 15.2. The summed E-state index contributed by atoms with van der Waals surface area (Å²) in [5.41, 5.74) is 3.16. The fraction of sp³-hybridized carbons (Fsp3) is 0.375. The van der Waals surface area contributed by atoms with Crippen molar-refractivity contribution in [3.63, 3.8) is 0 Å². The van der Waals surface area contributed by atoms with Gasteiger partial charge in [0.05, 0.1) is 17.6 Å². The Balaban J connectivity index is 1.66. The van der Waals surface area contributed by atoms with Crippen molar-refractivity contribution in [1.82, 2.24) is 30.0 Å². The van der Waals surface area contributed by atoms with Crippen LogP contribution in [0.3, 0.4) is 0 Å². The number of anilines is 1. The molecule has 0 spiro atoms. The van der Waals surface area contributed by atoms with Gasteiger partial charge in [0.15, 0.2) is 0 Å². The zero-order chi connectivity index (χ0) is 16.2. The number of hydrogen-bond acceptors (Lipinski definition) is 5. The van der Waals surface area contributed by atoms with E-state index < -0.39 is 0 Å². The summed E-state index contributed by atoms with van der Waals surface area (Å²) in [5.74, 6) is 0.582. The maximum Gasteiger partial charge on any atom is 0.143 e. The molecule has 0 fully saturated rings. The summed E-state index contributed by atoms with van der Waals surface area (Å²) in [6.07, 6.45) is 5.50. The van der Waals surface area contributed by atoms with Gasteiger partial charge in [-0.15, -0.1) is 5.10 Å². The first-order chi connectivity index (χ1) is 11.1. The van der Waals surface area contributed by atoms with E-state index in [1.54, 1.807) is 11.0 Å². The first-order valence-corrected chi connectivity index (χ1v) is 7.74. The Morgan fingerprint density at radius 3 is 2.57 bits per heavy atom. The van der Waals surface area contributed by atoms with Crippen molar-refractivity contribution in [3.8, 4) is 5.69 Å². The average Bonchev–Trinajstić information content (AvgIpc) is 3.19. The number of hydrogen-bond donors (Lipinski definition) is 1. The third-order valence-corrected chi connectivity index (χ3v) is 3.58. The Kier molecular flexibility index (Phi) is 4.36. The van der Waals surface area contributed by atoms with Crippen molar-refractivity contribution in [1.29, 1.82) is 0 Å². The maximum absolute atomic E-state index is 4.38. The van der Waals surface area contributed by atoms with Gasteiger partial charge in [-0.2, -0.15) is 5.10 Å². The SMILES string of the molecule is CC(C)Cn1cc(N[C@@H](C)c2ccc(-n3cnnn3)cc2)cn1. The third-order valence-electron chi connectivity index (χ3n) is 3.58. The van der Waals surface area contributed by atoms with Gasteiger partial charge in [0.2, 0.25) is 0 Å². The molecule has 7 heteroatoms. The highest BCUT2D eigenvalue weighted by Gasteiger charge is 2.08. The van der Waals surface area contributed by atoms with E-state index >= 15 is 0 Å². The number of nitrogens with zero attached hydrogens (tertiary/aromatic N) is 6. The van der Waals surface area contributed by atoms with E-state index in [4.69, 9.17) is 0 Å². The van der Waals surface area contributed by atoms with Crippen molar-refractivity contribution < 1.29 is 0 Å². The molecule has 2 heterocycles. The Hall–Kier alpha value is -2.70. The van der Waals surface area contributed by atoms with Gasteiger partial charge in [-0.3, -0.25) is 4.68 Å². The van der Waals surface area contributed by atoms with Crippen LogP contribution in [0.25, 0.3) is 5.69 Å². The Morgan fingerprint density at radius 1 is 1.13 bits per heavy atom. The quantitative estimate of drug-likeness (QED) is 0.757. The summed E-state index contributed by atoms with van der Waals surface area (Å²) in [6, 6.07) is 8.35. The summed E-state index contributed by atoms with van der Waals surface area (Å²) in [5, 5.41) is 19.0. The average molecular weight is 311 g/mol. The predicted molar refractivity (Wildman–Crippen MR) is 88.3 cm³/mol. The lowest BCUT2D eigenvalue weighted by Crippen LogP contribution is -2.07.